The molecule has 32 heavy (non-hydrogen) atoms. The maximum Gasteiger partial charge on any atom is 0.266 e. The summed E-state index contributed by atoms with van der Waals surface area (Å²) >= 11 is 0. The second-order valence-electron chi connectivity index (χ2n) is 7.15. The Kier molecular flexibility index (Phi) is 6.97. The largest absolute Gasteiger partial charge is 0.321 e. The number of aromatic nitrogens is 2. The van der Waals surface area contributed by atoms with Crippen LogP contribution >= 0.6 is 0 Å². The van der Waals surface area contributed by atoms with Gasteiger partial charge in [-0.3, -0.25) is 4.79 Å². The molecule has 2 aromatic carbocycles. The molecule has 8 nitrogen and oxygen atoms in total. The van der Waals surface area contributed by atoms with Gasteiger partial charge in [0.2, 0.25) is 5.95 Å². The Hall–Kier alpha value is -4.03. The van der Waals surface area contributed by atoms with Crippen molar-refractivity contribution >= 4 is 33.6 Å². The van der Waals surface area contributed by atoms with Crippen molar-refractivity contribution in [2.24, 2.45) is 0 Å². The van der Waals surface area contributed by atoms with E-state index < -0.39 is 15.9 Å². The Morgan fingerprint density at radius 3 is 2.22 bits per heavy atom. The lowest BCUT2D eigenvalue weighted by atomic mass is 10.0. The average molecular weight is 448 g/mol. The lowest BCUT2D eigenvalue weighted by molar-refractivity contribution is -0.112. The zero-order chi connectivity index (χ0) is 23.1. The highest BCUT2D eigenvalue weighted by molar-refractivity contribution is 7.92. The first-order valence-electron chi connectivity index (χ1n) is 9.71. The van der Waals surface area contributed by atoms with Gasteiger partial charge in [0, 0.05) is 18.1 Å². The van der Waals surface area contributed by atoms with Crippen molar-refractivity contribution in [3.63, 3.8) is 0 Å². The van der Waals surface area contributed by atoms with Crippen molar-refractivity contribution < 1.29 is 13.2 Å². The Labute approximate surface area is 186 Å². The summed E-state index contributed by atoms with van der Waals surface area (Å²) in [5, 5.41) is 12.0. The number of hydrogen-bond acceptors (Lipinski definition) is 6. The Morgan fingerprint density at radius 1 is 1.03 bits per heavy atom. The first kappa shape index (κ1) is 22.7. The number of nitrogens with zero attached hydrogens (tertiary/aromatic N) is 3. The molecule has 3 aromatic rings. The summed E-state index contributed by atoms with van der Waals surface area (Å²) < 4.78 is 27.1. The number of nitrogens with one attached hydrogen (secondary N) is 2. The Bertz CT molecular complexity index is 1260. The van der Waals surface area contributed by atoms with Crippen LogP contribution in [0.15, 0.2) is 77.5 Å². The molecule has 1 heterocycles. The maximum atomic E-state index is 12.5. The molecule has 1 aromatic heterocycles. The molecule has 3 rings (SSSR count). The van der Waals surface area contributed by atoms with Gasteiger partial charge < -0.3 is 5.32 Å². The lowest BCUT2D eigenvalue weighted by Gasteiger charge is -2.08. The molecule has 0 radical (unpaired) electrons. The molecule has 162 valence electrons. The Morgan fingerprint density at radius 2 is 1.66 bits per heavy atom. The zero-order valence-corrected chi connectivity index (χ0v) is 18.3. The van der Waals surface area contributed by atoms with E-state index >= 15 is 0 Å². The van der Waals surface area contributed by atoms with Gasteiger partial charge in [-0.2, -0.15) is 5.26 Å². The number of carbonyl (C=O) groups excluding carboxylic acids is 1. The van der Waals surface area contributed by atoms with E-state index in [4.69, 9.17) is 0 Å². The van der Waals surface area contributed by atoms with Crippen LogP contribution in [0.3, 0.4) is 0 Å². The number of anilines is 2. The molecule has 0 spiro atoms. The maximum absolute atomic E-state index is 12.5. The number of hydrogen-bond donors (Lipinski definition) is 2. The summed E-state index contributed by atoms with van der Waals surface area (Å²) in [6.07, 6.45) is 4.34. The fourth-order valence-electron chi connectivity index (χ4n) is 2.74. The molecule has 0 bridgehead atoms. The van der Waals surface area contributed by atoms with Gasteiger partial charge in [-0.05, 0) is 53.5 Å². The smallest absolute Gasteiger partial charge is 0.266 e. The topological polar surface area (TPSA) is 125 Å². The molecule has 0 saturated heterocycles. The third-order valence-electron chi connectivity index (χ3n) is 4.49. The lowest BCUT2D eigenvalue weighted by Crippen LogP contribution is -2.16. The van der Waals surface area contributed by atoms with Crippen LogP contribution in [0, 0.1) is 11.3 Å². The Balaban J connectivity index is 1.71. The van der Waals surface area contributed by atoms with E-state index in [0.717, 1.165) is 11.1 Å². The third-order valence-corrected chi connectivity index (χ3v) is 5.84. The van der Waals surface area contributed by atoms with Gasteiger partial charge in [0.1, 0.15) is 11.6 Å². The van der Waals surface area contributed by atoms with Crippen molar-refractivity contribution in [2.45, 2.75) is 24.7 Å². The number of nitriles is 1. The summed E-state index contributed by atoms with van der Waals surface area (Å²) in [7, 11) is -3.88. The van der Waals surface area contributed by atoms with Crippen LogP contribution in [0.4, 0.5) is 11.6 Å². The van der Waals surface area contributed by atoms with Crippen LogP contribution in [-0.2, 0) is 14.8 Å². The van der Waals surface area contributed by atoms with E-state index in [1.54, 1.807) is 6.07 Å². The number of amides is 1. The van der Waals surface area contributed by atoms with Crippen molar-refractivity contribution in [1.29, 1.82) is 5.26 Å². The molecule has 0 atom stereocenters. The average Bonchev–Trinajstić information content (AvgIpc) is 2.78. The fraction of sp³-hybridized carbons (Fsp3) is 0.130. The second-order valence-corrected chi connectivity index (χ2v) is 8.83. The molecule has 1 amide bonds. The van der Waals surface area contributed by atoms with E-state index in [1.165, 1.54) is 42.7 Å². The van der Waals surface area contributed by atoms with E-state index in [2.05, 4.69) is 33.9 Å². The first-order chi connectivity index (χ1) is 15.3. The summed E-state index contributed by atoms with van der Waals surface area (Å²) in [5.74, 6) is -0.254. The van der Waals surface area contributed by atoms with Gasteiger partial charge in [0.05, 0.1) is 4.90 Å². The molecule has 0 aliphatic heterocycles. The van der Waals surface area contributed by atoms with Crippen molar-refractivity contribution in [2.75, 3.05) is 10.0 Å². The summed E-state index contributed by atoms with van der Waals surface area (Å²) in [4.78, 5) is 20.1. The minimum absolute atomic E-state index is 0.0238. The van der Waals surface area contributed by atoms with E-state index in [0.29, 0.717) is 11.6 Å². The third kappa shape index (κ3) is 5.77. The molecule has 9 heteroatoms. The summed E-state index contributed by atoms with van der Waals surface area (Å²) in [6, 6.07) is 16.6. The minimum Gasteiger partial charge on any atom is -0.321 e. The van der Waals surface area contributed by atoms with Gasteiger partial charge in [0.25, 0.3) is 15.9 Å². The SMILES string of the molecule is CC(C)c1ccc(/C=C(\C#N)C(=O)Nc2ccc(S(=O)(=O)Nc3ncccn3)cc2)cc1. The molecular weight excluding hydrogens is 426 g/mol. The highest BCUT2D eigenvalue weighted by atomic mass is 32.2. The highest BCUT2D eigenvalue weighted by Gasteiger charge is 2.16. The molecule has 0 saturated carbocycles. The van der Waals surface area contributed by atoms with Gasteiger partial charge in [-0.25, -0.2) is 23.1 Å². The van der Waals surface area contributed by atoms with Crippen molar-refractivity contribution in [1.82, 2.24) is 9.97 Å². The fourth-order valence-corrected chi connectivity index (χ4v) is 3.70. The van der Waals surface area contributed by atoms with Crippen LogP contribution in [0.5, 0.6) is 0 Å². The highest BCUT2D eigenvalue weighted by Crippen LogP contribution is 2.19. The van der Waals surface area contributed by atoms with Gasteiger partial charge in [-0.15, -0.1) is 0 Å². The van der Waals surface area contributed by atoms with Crippen LogP contribution < -0.4 is 10.0 Å². The summed E-state index contributed by atoms with van der Waals surface area (Å²) in [6.45, 7) is 4.17. The molecule has 0 unspecified atom stereocenters. The number of benzene rings is 2. The van der Waals surface area contributed by atoms with Crippen molar-refractivity contribution in [3.8, 4) is 6.07 Å². The first-order valence-corrected chi connectivity index (χ1v) is 11.2. The van der Waals surface area contributed by atoms with Gasteiger partial charge >= 0.3 is 0 Å². The molecule has 0 aliphatic rings. The van der Waals surface area contributed by atoms with Crippen LogP contribution in [0.1, 0.15) is 30.9 Å². The predicted molar refractivity (Wildman–Crippen MR) is 122 cm³/mol. The second kappa shape index (κ2) is 9.85. The van der Waals surface area contributed by atoms with E-state index in [-0.39, 0.29) is 16.4 Å². The monoisotopic (exact) mass is 447 g/mol. The van der Waals surface area contributed by atoms with E-state index in [9.17, 15) is 18.5 Å². The van der Waals surface area contributed by atoms with Crippen molar-refractivity contribution in [3.05, 3.63) is 83.7 Å². The van der Waals surface area contributed by atoms with Crippen LogP contribution in [0.25, 0.3) is 6.08 Å². The van der Waals surface area contributed by atoms with Crippen LogP contribution in [0.2, 0.25) is 0 Å². The quantitative estimate of drug-likeness (QED) is 0.417. The van der Waals surface area contributed by atoms with Crippen LogP contribution in [-0.4, -0.2) is 24.3 Å². The van der Waals surface area contributed by atoms with Gasteiger partial charge in [0.15, 0.2) is 0 Å². The zero-order valence-electron chi connectivity index (χ0n) is 17.5. The number of sulfonamides is 1. The van der Waals surface area contributed by atoms with E-state index in [1.807, 2.05) is 30.3 Å². The normalized spacial score (nSPS) is 11.6. The minimum atomic E-state index is -3.88. The standard InChI is InChI=1S/C23H21N5O3S/c1-16(2)18-6-4-17(5-7-18)14-19(15-24)22(29)27-20-8-10-21(11-9-20)32(30,31)28-23-25-12-3-13-26-23/h3-14,16H,1-2H3,(H,27,29)(H,25,26,28)/b19-14+. The summed E-state index contributed by atoms with van der Waals surface area (Å²) in [5.41, 5.74) is 2.17. The molecular formula is C23H21N5O3S. The van der Waals surface area contributed by atoms with Gasteiger partial charge in [-0.1, -0.05) is 38.1 Å². The molecule has 0 aliphatic carbocycles. The molecule has 0 fully saturated rings. The number of rotatable bonds is 7. The predicted octanol–water partition coefficient (Wildman–Crippen LogP) is 3.95. The number of carbonyl (C=O) groups is 1. The molecule has 2 N–H and O–H groups in total.